The van der Waals surface area contributed by atoms with Crippen molar-refractivity contribution < 1.29 is 14.2 Å². The van der Waals surface area contributed by atoms with Crippen molar-refractivity contribution in [3.8, 4) is 23.3 Å². The van der Waals surface area contributed by atoms with Crippen molar-refractivity contribution in [3.63, 3.8) is 0 Å². The Morgan fingerprint density at radius 3 is 2.95 bits per heavy atom. The fourth-order valence-electron chi connectivity index (χ4n) is 2.10. The SMILES string of the molecule is Nc1ccc2nc(Oc3ccc4c(c3)OCO4)[nH]c2c1. The minimum Gasteiger partial charge on any atom is -0.454 e. The molecule has 0 bridgehead atoms. The lowest BCUT2D eigenvalue weighted by atomic mass is 10.3. The molecule has 100 valence electrons. The maximum atomic E-state index is 5.73. The summed E-state index contributed by atoms with van der Waals surface area (Å²) in [4.78, 5) is 7.40. The molecule has 3 aromatic rings. The van der Waals surface area contributed by atoms with Crippen molar-refractivity contribution in [2.24, 2.45) is 0 Å². The third kappa shape index (κ3) is 1.78. The maximum Gasteiger partial charge on any atom is 0.300 e. The molecule has 4 rings (SSSR count). The minimum atomic E-state index is 0.239. The van der Waals surface area contributed by atoms with E-state index in [-0.39, 0.29) is 6.79 Å². The van der Waals surface area contributed by atoms with Gasteiger partial charge in [0.2, 0.25) is 6.79 Å². The highest BCUT2D eigenvalue weighted by molar-refractivity contribution is 5.79. The highest BCUT2D eigenvalue weighted by Crippen LogP contribution is 2.36. The number of nitrogen functional groups attached to an aromatic ring is 1. The number of nitrogens with one attached hydrogen (secondary N) is 1. The average Bonchev–Trinajstić information content (AvgIpc) is 3.03. The summed E-state index contributed by atoms with van der Waals surface area (Å²) in [5.41, 5.74) is 8.04. The Morgan fingerprint density at radius 1 is 1.10 bits per heavy atom. The zero-order valence-electron chi connectivity index (χ0n) is 10.4. The molecule has 1 aromatic heterocycles. The molecule has 0 spiro atoms. The first kappa shape index (κ1) is 11.0. The number of benzene rings is 2. The smallest absolute Gasteiger partial charge is 0.300 e. The van der Waals surface area contributed by atoms with Gasteiger partial charge in [-0.25, -0.2) is 0 Å². The zero-order valence-corrected chi connectivity index (χ0v) is 10.4. The van der Waals surface area contributed by atoms with E-state index in [1.165, 1.54) is 0 Å². The van der Waals surface area contributed by atoms with Crippen molar-refractivity contribution in [3.05, 3.63) is 36.4 Å². The molecule has 0 saturated carbocycles. The Hall–Kier alpha value is -2.89. The van der Waals surface area contributed by atoms with E-state index in [0.717, 1.165) is 16.8 Å². The Balaban J connectivity index is 1.66. The molecule has 1 aliphatic heterocycles. The summed E-state index contributed by atoms with van der Waals surface area (Å²) in [5.74, 6) is 2.01. The molecule has 3 N–H and O–H groups in total. The van der Waals surface area contributed by atoms with E-state index in [1.807, 2.05) is 12.1 Å². The molecule has 0 unspecified atom stereocenters. The van der Waals surface area contributed by atoms with Gasteiger partial charge in [-0.15, -0.1) is 0 Å². The fraction of sp³-hybridized carbons (Fsp3) is 0.0714. The molecule has 20 heavy (non-hydrogen) atoms. The first-order valence-corrected chi connectivity index (χ1v) is 6.11. The molecule has 0 amide bonds. The highest BCUT2D eigenvalue weighted by atomic mass is 16.7. The number of ether oxygens (including phenoxy) is 3. The number of hydrogen-bond donors (Lipinski definition) is 2. The molecule has 0 fully saturated rings. The summed E-state index contributed by atoms with van der Waals surface area (Å²) >= 11 is 0. The molecule has 6 heteroatoms. The third-order valence-electron chi connectivity index (χ3n) is 3.04. The molecule has 2 aromatic carbocycles. The van der Waals surface area contributed by atoms with Gasteiger partial charge >= 0.3 is 0 Å². The van der Waals surface area contributed by atoms with Gasteiger partial charge in [0.05, 0.1) is 11.0 Å². The van der Waals surface area contributed by atoms with Gasteiger partial charge in [0.25, 0.3) is 6.01 Å². The summed E-state index contributed by atoms with van der Waals surface area (Å²) in [6.45, 7) is 0.239. The predicted octanol–water partition coefficient (Wildman–Crippen LogP) is 2.67. The van der Waals surface area contributed by atoms with Crippen molar-refractivity contribution in [1.29, 1.82) is 0 Å². The standard InChI is InChI=1S/C14H11N3O3/c15-8-1-3-10-11(5-8)17-14(16-10)20-9-2-4-12-13(6-9)19-7-18-12/h1-6H,7,15H2,(H,16,17). The molecule has 0 atom stereocenters. The van der Waals surface area contributed by atoms with Crippen molar-refractivity contribution in [2.75, 3.05) is 12.5 Å². The molecule has 0 saturated heterocycles. The lowest BCUT2D eigenvalue weighted by Gasteiger charge is -2.02. The number of aromatic nitrogens is 2. The van der Waals surface area contributed by atoms with E-state index in [4.69, 9.17) is 19.9 Å². The Morgan fingerprint density at radius 2 is 2.00 bits per heavy atom. The number of nitrogens with two attached hydrogens (primary N) is 1. The predicted molar refractivity (Wildman–Crippen MR) is 73.1 cm³/mol. The topological polar surface area (TPSA) is 82.4 Å². The van der Waals surface area contributed by atoms with Gasteiger partial charge < -0.3 is 24.9 Å². The van der Waals surface area contributed by atoms with Crippen LogP contribution in [0.1, 0.15) is 0 Å². The number of fused-ring (bicyclic) bond motifs is 2. The van der Waals surface area contributed by atoms with Gasteiger partial charge in [0.15, 0.2) is 11.5 Å². The van der Waals surface area contributed by atoms with Crippen LogP contribution in [0, 0.1) is 0 Å². The number of hydrogen-bond acceptors (Lipinski definition) is 5. The number of H-pyrrole nitrogens is 1. The first-order chi connectivity index (χ1) is 9.78. The normalized spacial score (nSPS) is 12.8. The second-order valence-electron chi connectivity index (χ2n) is 4.44. The second kappa shape index (κ2) is 4.06. The lowest BCUT2D eigenvalue weighted by Crippen LogP contribution is -1.92. The van der Waals surface area contributed by atoms with Gasteiger partial charge in [-0.3, -0.25) is 0 Å². The van der Waals surface area contributed by atoms with Gasteiger partial charge in [-0.1, -0.05) is 0 Å². The van der Waals surface area contributed by atoms with Crippen LogP contribution < -0.4 is 19.9 Å². The number of anilines is 1. The average molecular weight is 269 g/mol. The van der Waals surface area contributed by atoms with Crippen LogP contribution in [0.3, 0.4) is 0 Å². The van der Waals surface area contributed by atoms with E-state index < -0.39 is 0 Å². The van der Waals surface area contributed by atoms with Crippen molar-refractivity contribution >= 4 is 16.7 Å². The fourth-order valence-corrected chi connectivity index (χ4v) is 2.10. The van der Waals surface area contributed by atoms with Crippen LogP contribution in [0.5, 0.6) is 23.3 Å². The number of imidazole rings is 1. The molecular weight excluding hydrogens is 258 g/mol. The van der Waals surface area contributed by atoms with E-state index in [9.17, 15) is 0 Å². The summed E-state index contributed by atoms with van der Waals surface area (Å²) in [6.07, 6.45) is 0. The van der Waals surface area contributed by atoms with E-state index >= 15 is 0 Å². The van der Waals surface area contributed by atoms with Crippen LogP contribution in [-0.4, -0.2) is 16.8 Å². The first-order valence-electron chi connectivity index (χ1n) is 6.11. The second-order valence-corrected chi connectivity index (χ2v) is 4.44. The van der Waals surface area contributed by atoms with Crippen LogP contribution in [0.25, 0.3) is 11.0 Å². The van der Waals surface area contributed by atoms with Crippen molar-refractivity contribution in [2.45, 2.75) is 0 Å². The summed E-state index contributed by atoms with van der Waals surface area (Å²) in [5, 5.41) is 0. The number of aromatic amines is 1. The molecular formula is C14H11N3O3. The largest absolute Gasteiger partial charge is 0.454 e. The summed E-state index contributed by atoms with van der Waals surface area (Å²) < 4.78 is 16.2. The summed E-state index contributed by atoms with van der Waals surface area (Å²) in [6, 6.07) is 11.2. The van der Waals surface area contributed by atoms with Gasteiger partial charge in [0.1, 0.15) is 5.75 Å². The van der Waals surface area contributed by atoms with Gasteiger partial charge in [-0.2, -0.15) is 4.98 Å². The molecule has 2 heterocycles. The monoisotopic (exact) mass is 269 g/mol. The van der Waals surface area contributed by atoms with Crippen LogP contribution in [-0.2, 0) is 0 Å². The van der Waals surface area contributed by atoms with E-state index in [2.05, 4.69) is 9.97 Å². The lowest BCUT2D eigenvalue weighted by molar-refractivity contribution is 0.174. The van der Waals surface area contributed by atoms with Gasteiger partial charge in [0, 0.05) is 11.8 Å². The Labute approximate surface area is 114 Å². The molecule has 0 radical (unpaired) electrons. The van der Waals surface area contributed by atoms with Gasteiger partial charge in [-0.05, 0) is 30.3 Å². The van der Waals surface area contributed by atoms with E-state index in [1.54, 1.807) is 24.3 Å². The van der Waals surface area contributed by atoms with Crippen LogP contribution in [0.2, 0.25) is 0 Å². The Kier molecular flexibility index (Phi) is 2.23. The zero-order chi connectivity index (χ0) is 13.5. The van der Waals surface area contributed by atoms with Crippen LogP contribution >= 0.6 is 0 Å². The summed E-state index contributed by atoms with van der Waals surface area (Å²) in [7, 11) is 0. The van der Waals surface area contributed by atoms with Crippen LogP contribution in [0.4, 0.5) is 5.69 Å². The molecule has 1 aliphatic rings. The molecule has 0 aliphatic carbocycles. The maximum absolute atomic E-state index is 5.73. The van der Waals surface area contributed by atoms with Crippen LogP contribution in [0.15, 0.2) is 36.4 Å². The quantitative estimate of drug-likeness (QED) is 0.699. The molecule has 6 nitrogen and oxygen atoms in total. The van der Waals surface area contributed by atoms with Crippen molar-refractivity contribution in [1.82, 2.24) is 9.97 Å². The third-order valence-corrected chi connectivity index (χ3v) is 3.04. The number of nitrogens with zero attached hydrogens (tertiary/aromatic N) is 1. The number of rotatable bonds is 2. The highest BCUT2D eigenvalue weighted by Gasteiger charge is 2.14. The van der Waals surface area contributed by atoms with E-state index in [0.29, 0.717) is 23.2 Å². The Bertz CT molecular complexity index is 797. The minimum absolute atomic E-state index is 0.239.